The second kappa shape index (κ2) is 6.95. The highest BCUT2D eigenvalue weighted by atomic mass is 16.6. The molecule has 0 heterocycles. The Balaban J connectivity index is 2.34. The van der Waals surface area contributed by atoms with Crippen LogP contribution in [0, 0.1) is 11.8 Å². The largest absolute Gasteiger partial charge is 0.444 e. The average Bonchev–Trinajstić information content (AvgIpc) is 2.74. The molecule has 1 rings (SSSR count). The fourth-order valence-electron chi connectivity index (χ4n) is 2.44. The molecule has 3 N–H and O–H groups in total. The lowest BCUT2D eigenvalue weighted by Crippen LogP contribution is -2.38. The Morgan fingerprint density at radius 1 is 1.39 bits per heavy atom. The van der Waals surface area contributed by atoms with Gasteiger partial charge in [-0.3, -0.25) is 0 Å². The average molecular weight is 258 g/mol. The zero-order valence-electron chi connectivity index (χ0n) is 11.7. The third kappa shape index (κ3) is 5.69. The van der Waals surface area contributed by atoms with Crippen LogP contribution in [0.25, 0.3) is 0 Å². The monoisotopic (exact) mass is 258 g/mol. The van der Waals surface area contributed by atoms with E-state index in [9.17, 15) is 4.79 Å². The van der Waals surface area contributed by atoms with Gasteiger partial charge < -0.3 is 14.9 Å². The summed E-state index contributed by atoms with van der Waals surface area (Å²) < 4.78 is 5.21. The quantitative estimate of drug-likeness (QED) is 0.741. The molecule has 1 amide bonds. The van der Waals surface area contributed by atoms with Gasteiger partial charge in [-0.1, -0.05) is 25.7 Å². The van der Waals surface area contributed by atoms with Gasteiger partial charge in [-0.05, 0) is 26.7 Å². The Morgan fingerprint density at radius 2 is 2.00 bits per heavy atom. The molecule has 1 fully saturated rings. The van der Waals surface area contributed by atoms with Crippen LogP contribution in [-0.2, 0) is 9.57 Å². The third-order valence-electron chi connectivity index (χ3n) is 3.28. The first-order valence-electron chi connectivity index (χ1n) is 6.71. The van der Waals surface area contributed by atoms with E-state index in [0.29, 0.717) is 19.1 Å². The van der Waals surface area contributed by atoms with Gasteiger partial charge in [-0.15, -0.1) is 0 Å². The summed E-state index contributed by atoms with van der Waals surface area (Å²) in [5, 5.41) is 2.80. The minimum Gasteiger partial charge on any atom is -0.444 e. The number of amides is 1. The molecule has 106 valence electrons. The van der Waals surface area contributed by atoms with Crippen molar-refractivity contribution in [1.29, 1.82) is 0 Å². The van der Waals surface area contributed by atoms with Crippen molar-refractivity contribution in [2.24, 2.45) is 17.7 Å². The first kappa shape index (κ1) is 15.2. The molecule has 18 heavy (non-hydrogen) atoms. The summed E-state index contributed by atoms with van der Waals surface area (Å²) in [5.41, 5.74) is -0.461. The molecule has 0 aliphatic heterocycles. The van der Waals surface area contributed by atoms with Gasteiger partial charge >= 0.3 is 6.09 Å². The van der Waals surface area contributed by atoms with Crippen LogP contribution in [0.3, 0.4) is 0 Å². The molecule has 0 bridgehead atoms. The van der Waals surface area contributed by atoms with E-state index in [2.05, 4.69) is 5.32 Å². The minimum atomic E-state index is -0.461. The summed E-state index contributed by atoms with van der Waals surface area (Å²) in [6.07, 6.45) is 4.55. The second-order valence-corrected chi connectivity index (χ2v) is 6.02. The SMILES string of the molecule is CC(C)(C)OC(=O)NCC(CON)C1CCCC1. The van der Waals surface area contributed by atoms with Crippen LogP contribution in [0.15, 0.2) is 0 Å². The minimum absolute atomic E-state index is 0.282. The van der Waals surface area contributed by atoms with Gasteiger partial charge in [-0.2, -0.15) is 0 Å². The predicted octanol–water partition coefficient (Wildman–Crippen LogP) is 2.21. The molecule has 0 spiro atoms. The van der Waals surface area contributed by atoms with Crippen molar-refractivity contribution in [3.05, 3.63) is 0 Å². The fraction of sp³-hybridized carbons (Fsp3) is 0.923. The van der Waals surface area contributed by atoms with Gasteiger partial charge in [0.1, 0.15) is 5.60 Å². The molecular weight excluding hydrogens is 232 g/mol. The summed E-state index contributed by atoms with van der Waals surface area (Å²) in [6, 6.07) is 0. The van der Waals surface area contributed by atoms with Gasteiger partial charge in [0.05, 0.1) is 6.61 Å². The number of nitrogens with one attached hydrogen (secondary N) is 1. The van der Waals surface area contributed by atoms with Crippen molar-refractivity contribution in [3.63, 3.8) is 0 Å². The van der Waals surface area contributed by atoms with Gasteiger partial charge in [0.25, 0.3) is 0 Å². The maximum absolute atomic E-state index is 11.6. The molecule has 1 atom stereocenters. The van der Waals surface area contributed by atoms with E-state index < -0.39 is 5.60 Å². The molecule has 1 aliphatic carbocycles. The Kier molecular flexibility index (Phi) is 5.88. The van der Waals surface area contributed by atoms with Gasteiger partial charge in [0.2, 0.25) is 0 Å². The first-order valence-corrected chi connectivity index (χ1v) is 6.71. The highest BCUT2D eigenvalue weighted by Gasteiger charge is 2.26. The van der Waals surface area contributed by atoms with Crippen LogP contribution in [0.4, 0.5) is 4.79 Å². The lowest BCUT2D eigenvalue weighted by molar-refractivity contribution is 0.0459. The number of carbonyl (C=O) groups excluding carboxylic acids is 1. The number of alkyl carbamates (subject to hydrolysis) is 1. The van der Waals surface area contributed by atoms with Crippen molar-refractivity contribution < 1.29 is 14.4 Å². The number of carbonyl (C=O) groups is 1. The zero-order valence-corrected chi connectivity index (χ0v) is 11.7. The number of hydrogen-bond acceptors (Lipinski definition) is 4. The smallest absolute Gasteiger partial charge is 0.407 e. The molecule has 0 saturated heterocycles. The predicted molar refractivity (Wildman–Crippen MR) is 69.8 cm³/mol. The van der Waals surface area contributed by atoms with Crippen molar-refractivity contribution in [3.8, 4) is 0 Å². The topological polar surface area (TPSA) is 73.6 Å². The van der Waals surface area contributed by atoms with E-state index in [4.69, 9.17) is 15.5 Å². The molecule has 0 radical (unpaired) electrons. The number of ether oxygens (including phenoxy) is 1. The molecule has 0 aromatic carbocycles. The lowest BCUT2D eigenvalue weighted by Gasteiger charge is -2.24. The van der Waals surface area contributed by atoms with E-state index in [0.717, 1.165) is 0 Å². The van der Waals surface area contributed by atoms with Gasteiger partial charge in [0, 0.05) is 12.5 Å². The summed E-state index contributed by atoms with van der Waals surface area (Å²) >= 11 is 0. The maximum Gasteiger partial charge on any atom is 0.407 e. The maximum atomic E-state index is 11.6. The molecule has 0 aromatic rings. The van der Waals surface area contributed by atoms with Crippen molar-refractivity contribution in [1.82, 2.24) is 5.32 Å². The Morgan fingerprint density at radius 3 is 2.50 bits per heavy atom. The van der Waals surface area contributed by atoms with E-state index in [1.54, 1.807) is 0 Å². The summed E-state index contributed by atoms with van der Waals surface area (Å²) in [5.74, 6) is 6.04. The van der Waals surface area contributed by atoms with Crippen LogP contribution in [0.2, 0.25) is 0 Å². The molecule has 1 saturated carbocycles. The standard InChI is InChI=1S/C13H26N2O3/c1-13(2,3)18-12(16)15-8-11(9-17-14)10-6-4-5-7-10/h10-11H,4-9,14H2,1-3H3,(H,15,16). The highest BCUT2D eigenvalue weighted by Crippen LogP contribution is 2.31. The number of nitrogens with two attached hydrogens (primary N) is 1. The summed E-state index contributed by atoms with van der Waals surface area (Å²) in [6.45, 7) is 6.61. The normalized spacial score (nSPS) is 18.7. The Hall–Kier alpha value is -0.810. The highest BCUT2D eigenvalue weighted by molar-refractivity contribution is 5.67. The Labute approximate surface area is 109 Å². The second-order valence-electron chi connectivity index (χ2n) is 6.02. The summed E-state index contributed by atoms with van der Waals surface area (Å²) in [7, 11) is 0. The third-order valence-corrected chi connectivity index (χ3v) is 3.28. The van der Waals surface area contributed by atoms with Gasteiger partial charge in [-0.25, -0.2) is 10.7 Å². The molecule has 5 heteroatoms. The molecule has 0 aromatic heterocycles. The van der Waals surface area contributed by atoms with Crippen LogP contribution in [0.1, 0.15) is 46.5 Å². The molecule has 1 aliphatic rings. The lowest BCUT2D eigenvalue weighted by atomic mass is 9.91. The molecule has 5 nitrogen and oxygen atoms in total. The number of rotatable bonds is 5. The van der Waals surface area contributed by atoms with Crippen LogP contribution < -0.4 is 11.2 Å². The van der Waals surface area contributed by atoms with E-state index in [1.807, 2.05) is 20.8 Å². The van der Waals surface area contributed by atoms with Gasteiger partial charge in [0.15, 0.2) is 0 Å². The zero-order chi connectivity index (χ0) is 13.6. The molecular formula is C13H26N2O3. The Bertz CT molecular complexity index is 257. The fourth-order valence-corrected chi connectivity index (χ4v) is 2.44. The van der Waals surface area contributed by atoms with E-state index >= 15 is 0 Å². The summed E-state index contributed by atoms with van der Waals surface area (Å²) in [4.78, 5) is 16.3. The molecule has 1 unspecified atom stereocenters. The van der Waals surface area contributed by atoms with E-state index in [1.165, 1.54) is 25.7 Å². The van der Waals surface area contributed by atoms with Crippen LogP contribution >= 0.6 is 0 Å². The van der Waals surface area contributed by atoms with E-state index in [-0.39, 0.29) is 12.0 Å². The number of hydrogen-bond donors (Lipinski definition) is 2. The van der Waals surface area contributed by atoms with Crippen LogP contribution in [-0.4, -0.2) is 24.8 Å². The first-order chi connectivity index (χ1) is 8.42. The van der Waals surface area contributed by atoms with Crippen LogP contribution in [0.5, 0.6) is 0 Å². The van der Waals surface area contributed by atoms with Crippen molar-refractivity contribution in [2.45, 2.75) is 52.1 Å². The van der Waals surface area contributed by atoms with Crippen molar-refractivity contribution >= 4 is 6.09 Å². The van der Waals surface area contributed by atoms with Crippen molar-refractivity contribution in [2.75, 3.05) is 13.2 Å².